The van der Waals surface area contributed by atoms with Gasteiger partial charge in [0.25, 0.3) is 0 Å². The third-order valence-electron chi connectivity index (χ3n) is 1.71. The fourth-order valence-corrected chi connectivity index (χ4v) is 0.780. The van der Waals surface area contributed by atoms with Crippen molar-refractivity contribution in [2.75, 3.05) is 0 Å². The fourth-order valence-electron chi connectivity index (χ4n) is 0.780. The summed E-state index contributed by atoms with van der Waals surface area (Å²) in [5.74, 6) is 0. The van der Waals surface area contributed by atoms with Gasteiger partial charge in [-0.2, -0.15) is 12.8 Å². The van der Waals surface area contributed by atoms with Crippen LogP contribution in [0.1, 0.15) is 65.2 Å². The smallest absolute Gasteiger partial charge is 0.343 e. The van der Waals surface area contributed by atoms with E-state index in [-0.39, 0.29) is 21.1 Å². The number of hydrogen-bond donors (Lipinski definition) is 6. The van der Waals surface area contributed by atoms with Gasteiger partial charge in [-0.25, -0.2) is 0 Å². The topological polar surface area (TPSA) is 121 Å². The largest absolute Gasteiger partial charge is 2.00 e. The zero-order valence-electron chi connectivity index (χ0n) is 13.9. The summed E-state index contributed by atoms with van der Waals surface area (Å²) in [5, 5.41) is 0. The number of hydrogen-bond acceptors (Lipinski definition) is 2. The molecular weight excluding hydrogens is 462 g/mol. The summed E-state index contributed by atoms with van der Waals surface area (Å²) in [6.07, 6.45) is 10.3. The molecule has 0 spiro atoms. The molecule has 0 unspecified atom stereocenters. The van der Waals surface area contributed by atoms with Crippen LogP contribution in [0.2, 0.25) is 0 Å². The molecule has 0 aliphatic heterocycles. The molecule has 23 heavy (non-hydrogen) atoms. The molecular formula is C12H32MoO6P2S2. The van der Waals surface area contributed by atoms with E-state index in [1.54, 1.807) is 0 Å². The van der Waals surface area contributed by atoms with Crippen LogP contribution in [-0.4, -0.2) is 29.4 Å². The monoisotopic (exact) mass is 496 g/mol. The van der Waals surface area contributed by atoms with Crippen LogP contribution in [0.25, 0.3) is 0 Å². The van der Waals surface area contributed by atoms with E-state index in [0.29, 0.717) is 0 Å². The van der Waals surface area contributed by atoms with Gasteiger partial charge in [-0.3, -0.25) is 0 Å². The van der Waals surface area contributed by atoms with Crippen LogP contribution in [0.4, 0.5) is 0 Å². The van der Waals surface area contributed by atoms with Crippen LogP contribution in [-0.2, 0) is 44.7 Å². The van der Waals surface area contributed by atoms with Gasteiger partial charge in [-0.15, -0.1) is 0 Å². The summed E-state index contributed by atoms with van der Waals surface area (Å²) in [7, 11) is 0. The van der Waals surface area contributed by atoms with E-state index < -0.39 is 13.4 Å². The average Bonchev–Trinajstić information content (AvgIpc) is 2.31. The second-order valence-electron chi connectivity index (χ2n) is 4.15. The molecule has 0 rings (SSSR count). The van der Waals surface area contributed by atoms with Crippen molar-refractivity contribution < 1.29 is 50.4 Å². The molecule has 6 N–H and O–H groups in total. The van der Waals surface area contributed by atoms with Gasteiger partial charge >= 0.3 is 34.5 Å². The van der Waals surface area contributed by atoms with Crippen LogP contribution in [0.15, 0.2) is 0 Å². The Morgan fingerprint density at radius 2 is 0.913 bits per heavy atom. The van der Waals surface area contributed by atoms with Crippen molar-refractivity contribution in [3.05, 3.63) is 13.8 Å². The molecule has 144 valence electrons. The van der Waals surface area contributed by atoms with E-state index in [9.17, 15) is 0 Å². The van der Waals surface area contributed by atoms with Gasteiger partial charge in [0.05, 0.1) is 0 Å². The Balaban J connectivity index is -0.0000000641. The van der Waals surface area contributed by atoms with Gasteiger partial charge in [0.1, 0.15) is 0 Å². The Labute approximate surface area is 166 Å². The van der Waals surface area contributed by atoms with Crippen molar-refractivity contribution >= 4 is 37.1 Å². The molecule has 11 heteroatoms. The van der Waals surface area contributed by atoms with Crippen molar-refractivity contribution in [3.8, 4) is 0 Å². The molecule has 0 aromatic rings. The van der Waals surface area contributed by atoms with Crippen molar-refractivity contribution in [2.45, 2.75) is 65.2 Å². The molecule has 0 atom stereocenters. The summed E-state index contributed by atoms with van der Waals surface area (Å²) in [6, 6.07) is 0. The van der Waals surface area contributed by atoms with Gasteiger partial charge in [-0.1, -0.05) is 52.4 Å². The van der Waals surface area contributed by atoms with E-state index in [2.05, 4.69) is 51.3 Å². The summed E-state index contributed by atoms with van der Waals surface area (Å²) in [4.78, 5) is 45.3. The zero-order valence-corrected chi connectivity index (χ0v) is 19.3. The van der Waals surface area contributed by atoms with Gasteiger partial charge in [0, 0.05) is 0 Å². The molecule has 0 bridgehead atoms. The minimum Gasteiger partial charge on any atom is -0.343 e. The number of unbranched alkanes of at least 4 members (excludes halogenated alkanes) is 6. The van der Waals surface area contributed by atoms with E-state index in [4.69, 9.17) is 29.4 Å². The van der Waals surface area contributed by atoms with Gasteiger partial charge in [-0.05, 0) is 23.6 Å². The van der Waals surface area contributed by atoms with E-state index in [0.717, 1.165) is 12.8 Å². The maximum absolute atomic E-state index is 7.56. The predicted octanol–water partition coefficient (Wildman–Crippen LogP) is 3.17. The fraction of sp³-hybridized carbons (Fsp3) is 0.833. The average molecular weight is 494 g/mol. The quantitative estimate of drug-likeness (QED) is 0.144. The third kappa shape index (κ3) is 187. The van der Waals surface area contributed by atoms with Crippen LogP contribution in [0.5, 0.6) is 0 Å². The molecule has 0 aromatic carbocycles. The Hall–Kier alpha value is 1.75. The molecule has 0 heterocycles. The van der Waals surface area contributed by atoms with Crippen molar-refractivity contribution in [1.29, 1.82) is 0 Å². The Kier molecular flexibility index (Phi) is 40.4. The van der Waals surface area contributed by atoms with Gasteiger partial charge in [0.15, 0.2) is 0 Å². The van der Waals surface area contributed by atoms with E-state index in [1.807, 2.05) is 0 Å². The summed E-state index contributed by atoms with van der Waals surface area (Å²) in [6.45, 7) is 4.13. The summed E-state index contributed by atoms with van der Waals surface area (Å²) < 4.78 is 0. The minimum absolute atomic E-state index is 0. The number of rotatable bonds is 6. The first kappa shape index (κ1) is 35.8. The predicted molar refractivity (Wildman–Crippen MR) is 101 cm³/mol. The molecule has 0 aliphatic carbocycles. The van der Waals surface area contributed by atoms with E-state index in [1.165, 1.54) is 38.5 Å². The van der Waals surface area contributed by atoms with Gasteiger partial charge in [0.2, 0.25) is 0 Å². The zero-order chi connectivity index (χ0) is 18.7. The third-order valence-corrected chi connectivity index (χ3v) is 1.71. The summed E-state index contributed by atoms with van der Waals surface area (Å²) >= 11 is 7.21. The molecule has 0 fully saturated rings. The van der Waals surface area contributed by atoms with Gasteiger partial charge < -0.3 is 43.2 Å². The first-order chi connectivity index (χ1) is 9.83. The molecule has 0 saturated carbocycles. The standard InChI is InChI=1S/C8H17.C4H9.Mo.2H3O3PS/c1-3-5-7-8-6-4-2;1-3-4-2;;2*1-4(2,3)5/h1,3-8H2,2H3;1,3-4H2,2H3;;2*(H3,1,2,3,5)/q2*-1;+2;;. The Morgan fingerprint density at radius 1 is 0.652 bits per heavy atom. The first-order valence-corrected chi connectivity index (χ1v) is 12.3. The normalized spacial score (nSPS) is 9.83. The minimum atomic E-state index is -3.81. The molecule has 0 amide bonds. The second kappa shape index (κ2) is 26.0. The van der Waals surface area contributed by atoms with Crippen LogP contribution >= 0.6 is 13.4 Å². The maximum atomic E-state index is 7.56. The van der Waals surface area contributed by atoms with Crippen molar-refractivity contribution in [2.24, 2.45) is 0 Å². The van der Waals surface area contributed by atoms with Crippen molar-refractivity contribution in [1.82, 2.24) is 0 Å². The van der Waals surface area contributed by atoms with Crippen LogP contribution in [0, 0.1) is 13.8 Å². The van der Waals surface area contributed by atoms with Crippen molar-refractivity contribution in [3.63, 3.8) is 0 Å². The SMILES string of the molecule is OP(O)(O)=S.OP(O)(O)=S.[CH2-]CCC.[CH2-]CCCCCCC.[Mo+2]. The van der Waals surface area contributed by atoms with Crippen LogP contribution < -0.4 is 0 Å². The maximum Gasteiger partial charge on any atom is 2.00 e. The van der Waals surface area contributed by atoms with E-state index >= 15 is 0 Å². The Bertz CT molecular complexity index is 242. The first-order valence-electron chi connectivity index (χ1n) is 6.98. The molecule has 0 saturated heterocycles. The summed E-state index contributed by atoms with van der Waals surface area (Å²) in [5.41, 5.74) is 0. The van der Waals surface area contributed by atoms with Crippen LogP contribution in [0.3, 0.4) is 0 Å². The molecule has 0 radical (unpaired) electrons. The Morgan fingerprint density at radius 3 is 1.09 bits per heavy atom. The molecule has 6 nitrogen and oxygen atoms in total. The molecule has 0 aromatic heterocycles. The second-order valence-corrected chi connectivity index (χ2v) is 9.14. The molecule has 0 aliphatic rings.